The number of allylic oxidation sites excluding steroid dienone is 2. The average molecular weight is 443 g/mol. The van der Waals surface area contributed by atoms with E-state index in [2.05, 4.69) is 0 Å². The van der Waals surface area contributed by atoms with Crippen molar-refractivity contribution in [3.05, 3.63) is 33.9 Å². The fourth-order valence-corrected chi connectivity index (χ4v) is 3.29. The number of carbonyl (C=O) groups is 3. The molecule has 1 aromatic carbocycles. The summed E-state index contributed by atoms with van der Waals surface area (Å²) in [5.41, 5.74) is 1.52. The Morgan fingerprint density at radius 3 is 2.52 bits per heavy atom. The van der Waals surface area contributed by atoms with Gasteiger partial charge in [0.2, 0.25) is 0 Å². The van der Waals surface area contributed by atoms with Crippen molar-refractivity contribution in [3.63, 3.8) is 0 Å². The first-order chi connectivity index (χ1) is 14.5. The van der Waals surface area contributed by atoms with Crippen LogP contribution in [0.2, 0.25) is 0 Å². The molecule has 0 aromatic heterocycles. The second-order valence-electron chi connectivity index (χ2n) is 6.95. The van der Waals surface area contributed by atoms with E-state index in [0.29, 0.717) is 17.5 Å². The van der Waals surface area contributed by atoms with Crippen LogP contribution in [0.25, 0.3) is 0 Å². The Kier molecular flexibility index (Phi) is 7.70. The van der Waals surface area contributed by atoms with Gasteiger partial charge in [-0.3, -0.25) is 9.59 Å². The molecule has 1 heterocycles. The molecule has 1 aromatic rings. The van der Waals surface area contributed by atoms with Gasteiger partial charge in [0.05, 0.1) is 25.0 Å². The van der Waals surface area contributed by atoms with E-state index in [-0.39, 0.29) is 54.6 Å². The first kappa shape index (κ1) is 24.2. The maximum Gasteiger partial charge on any atom is 0.471 e. The van der Waals surface area contributed by atoms with Gasteiger partial charge >= 0.3 is 24.0 Å². The highest BCUT2D eigenvalue weighted by molar-refractivity contribution is 6.07. The molecule has 0 saturated heterocycles. The van der Waals surface area contributed by atoms with Crippen molar-refractivity contribution < 1.29 is 41.8 Å². The molecular weight excluding hydrogens is 419 g/mol. The van der Waals surface area contributed by atoms with Crippen molar-refractivity contribution in [3.8, 4) is 5.75 Å². The maximum atomic E-state index is 12.9. The Labute approximate surface area is 177 Å². The molecular formula is C21H24F3NO6. The Morgan fingerprint density at radius 1 is 1.26 bits per heavy atom. The van der Waals surface area contributed by atoms with E-state index < -0.39 is 18.1 Å². The van der Waals surface area contributed by atoms with Gasteiger partial charge in [0.1, 0.15) is 12.4 Å². The van der Waals surface area contributed by atoms with Gasteiger partial charge in [-0.25, -0.2) is 4.79 Å². The summed E-state index contributed by atoms with van der Waals surface area (Å²) < 4.78 is 54.0. The molecule has 0 radical (unpaired) electrons. The molecule has 0 aliphatic carbocycles. The maximum absolute atomic E-state index is 12.9. The third-order valence-electron chi connectivity index (χ3n) is 4.86. The fourth-order valence-electron chi connectivity index (χ4n) is 3.29. The smallest absolute Gasteiger partial charge is 0.471 e. The summed E-state index contributed by atoms with van der Waals surface area (Å²) in [7, 11) is 1.35. The van der Waals surface area contributed by atoms with Gasteiger partial charge < -0.3 is 19.5 Å². The molecule has 2 rings (SSSR count). The lowest BCUT2D eigenvalue weighted by molar-refractivity contribution is -0.167. The minimum atomic E-state index is -5.14. The van der Waals surface area contributed by atoms with Gasteiger partial charge in [-0.05, 0) is 39.2 Å². The number of ether oxygens (including phenoxy) is 3. The van der Waals surface area contributed by atoms with Crippen LogP contribution in [-0.4, -0.2) is 37.7 Å². The van der Waals surface area contributed by atoms with Crippen LogP contribution >= 0.6 is 0 Å². The van der Waals surface area contributed by atoms with E-state index in [1.165, 1.54) is 7.11 Å². The van der Waals surface area contributed by atoms with E-state index in [1.807, 2.05) is 5.32 Å². The van der Waals surface area contributed by atoms with Gasteiger partial charge in [-0.1, -0.05) is 11.6 Å². The molecule has 0 spiro atoms. The van der Waals surface area contributed by atoms with Gasteiger partial charge in [0, 0.05) is 17.5 Å². The van der Waals surface area contributed by atoms with Crippen molar-refractivity contribution in [2.45, 2.75) is 52.8 Å². The third kappa shape index (κ3) is 5.56. The summed E-state index contributed by atoms with van der Waals surface area (Å²) in [6.45, 7) is 5.26. The largest absolute Gasteiger partial charge is 0.496 e. The number of amides is 1. The lowest BCUT2D eigenvalue weighted by Gasteiger charge is -2.20. The van der Waals surface area contributed by atoms with Gasteiger partial charge in [0.15, 0.2) is 0 Å². The van der Waals surface area contributed by atoms with E-state index in [9.17, 15) is 27.6 Å². The van der Waals surface area contributed by atoms with Crippen LogP contribution in [0.15, 0.2) is 11.6 Å². The number of carbonyl (C=O) groups excluding carboxylic acids is 3. The molecule has 170 valence electrons. The van der Waals surface area contributed by atoms with Gasteiger partial charge in [-0.2, -0.15) is 13.2 Å². The zero-order valence-corrected chi connectivity index (χ0v) is 17.7. The molecule has 0 unspecified atom stereocenters. The number of nitrogens with one attached hydrogen (secondary N) is 1. The molecule has 1 N–H and O–H groups in total. The predicted octanol–water partition coefficient (Wildman–Crippen LogP) is 4.01. The number of methoxy groups -OCH3 is 1. The number of cyclic esters (lactones) is 1. The number of anilines is 1. The predicted molar refractivity (Wildman–Crippen MR) is 105 cm³/mol. The number of hydrogen-bond acceptors (Lipinski definition) is 6. The lowest BCUT2D eigenvalue weighted by atomic mass is 9.93. The Hall–Kier alpha value is -3.04. The van der Waals surface area contributed by atoms with Crippen molar-refractivity contribution in [2.24, 2.45) is 0 Å². The first-order valence-electron chi connectivity index (χ1n) is 9.60. The van der Waals surface area contributed by atoms with Crippen molar-refractivity contribution in [2.75, 3.05) is 19.0 Å². The standard InChI is InChI=1S/C21H24F3NO6/c1-5-30-15(26)9-7-11(2)6-8-13-17(25-20(28)21(22,23)24)16-14(10-31-19(16)27)12(3)18(13)29-4/h6H,5,7-10H2,1-4H3,(H,25,28)/b11-6+. The third-order valence-corrected chi connectivity index (χ3v) is 4.86. The van der Waals surface area contributed by atoms with E-state index in [0.717, 1.165) is 5.57 Å². The lowest BCUT2D eigenvalue weighted by Crippen LogP contribution is -2.31. The fraction of sp³-hybridized carbons (Fsp3) is 0.476. The number of benzene rings is 1. The monoisotopic (exact) mass is 443 g/mol. The van der Waals surface area contributed by atoms with Gasteiger partial charge in [0.25, 0.3) is 0 Å². The zero-order chi connectivity index (χ0) is 23.3. The molecule has 10 heteroatoms. The second kappa shape index (κ2) is 9.84. The molecule has 1 aliphatic rings. The summed E-state index contributed by atoms with van der Waals surface area (Å²) >= 11 is 0. The van der Waals surface area contributed by atoms with E-state index >= 15 is 0 Å². The molecule has 31 heavy (non-hydrogen) atoms. The zero-order valence-electron chi connectivity index (χ0n) is 17.7. The summed E-state index contributed by atoms with van der Waals surface area (Å²) in [6, 6.07) is 0. The Balaban J connectivity index is 2.47. The van der Waals surface area contributed by atoms with Crippen LogP contribution in [-0.2, 0) is 32.1 Å². The minimum absolute atomic E-state index is 0.0622. The number of esters is 2. The highest BCUT2D eigenvalue weighted by atomic mass is 19.4. The van der Waals surface area contributed by atoms with Gasteiger partial charge in [-0.15, -0.1) is 0 Å². The quantitative estimate of drug-likeness (QED) is 0.482. The Bertz CT molecular complexity index is 921. The number of rotatable bonds is 8. The van der Waals surface area contributed by atoms with E-state index in [4.69, 9.17) is 14.2 Å². The molecule has 0 bridgehead atoms. The molecule has 7 nitrogen and oxygen atoms in total. The summed E-state index contributed by atoms with van der Waals surface area (Å²) in [4.78, 5) is 35.4. The number of alkyl halides is 3. The number of halogens is 3. The summed E-state index contributed by atoms with van der Waals surface area (Å²) in [5, 5.41) is 1.83. The van der Waals surface area contributed by atoms with Crippen LogP contribution in [0.5, 0.6) is 5.75 Å². The van der Waals surface area contributed by atoms with E-state index in [1.54, 1.807) is 26.8 Å². The summed E-state index contributed by atoms with van der Waals surface area (Å²) in [5.74, 6) is -3.13. The van der Waals surface area contributed by atoms with Crippen LogP contribution in [0.3, 0.4) is 0 Å². The normalized spacial score (nSPS) is 13.5. The number of hydrogen-bond donors (Lipinski definition) is 1. The molecule has 0 fully saturated rings. The minimum Gasteiger partial charge on any atom is -0.496 e. The highest BCUT2D eigenvalue weighted by Gasteiger charge is 2.41. The topological polar surface area (TPSA) is 90.9 Å². The van der Waals surface area contributed by atoms with Crippen LogP contribution in [0.1, 0.15) is 53.7 Å². The molecule has 0 atom stereocenters. The van der Waals surface area contributed by atoms with Crippen LogP contribution in [0.4, 0.5) is 18.9 Å². The Morgan fingerprint density at radius 2 is 1.94 bits per heavy atom. The molecule has 1 amide bonds. The van der Waals surface area contributed by atoms with Crippen molar-refractivity contribution >= 4 is 23.5 Å². The summed E-state index contributed by atoms with van der Waals surface area (Å²) in [6.07, 6.45) is -2.84. The second-order valence-corrected chi connectivity index (χ2v) is 6.95. The molecule has 1 aliphatic heterocycles. The van der Waals surface area contributed by atoms with Crippen LogP contribution in [0, 0.1) is 6.92 Å². The molecule has 0 saturated carbocycles. The first-order valence-corrected chi connectivity index (χ1v) is 9.60. The SMILES string of the molecule is CCOC(=O)CC/C(C)=C/Cc1c(NC(=O)C(F)(F)F)c2c(c(C)c1OC)COC2=O. The number of fused-ring (bicyclic) bond motifs is 1. The van der Waals surface area contributed by atoms with Crippen molar-refractivity contribution in [1.29, 1.82) is 0 Å². The average Bonchev–Trinajstić information content (AvgIpc) is 3.08. The van der Waals surface area contributed by atoms with Crippen molar-refractivity contribution in [1.82, 2.24) is 0 Å². The highest BCUT2D eigenvalue weighted by Crippen LogP contribution is 2.42. The van der Waals surface area contributed by atoms with Crippen LogP contribution < -0.4 is 10.1 Å².